The van der Waals surface area contributed by atoms with Crippen molar-refractivity contribution in [2.45, 2.75) is 6.92 Å². The molecule has 0 spiro atoms. The molecule has 0 radical (unpaired) electrons. The van der Waals surface area contributed by atoms with Crippen molar-refractivity contribution in [3.05, 3.63) is 42.1 Å². The van der Waals surface area contributed by atoms with Crippen LogP contribution in [0.1, 0.15) is 5.56 Å². The molecule has 0 aromatic carbocycles. The van der Waals surface area contributed by atoms with Gasteiger partial charge in [-0.3, -0.25) is 4.40 Å². The molecule has 0 saturated heterocycles. The van der Waals surface area contributed by atoms with Crippen molar-refractivity contribution in [2.75, 3.05) is 12.8 Å². The lowest BCUT2D eigenvalue weighted by Gasteiger charge is -2.02. The molecule has 0 fully saturated rings. The highest BCUT2D eigenvalue weighted by molar-refractivity contribution is 5.72. The van der Waals surface area contributed by atoms with E-state index < -0.39 is 0 Å². The summed E-state index contributed by atoms with van der Waals surface area (Å²) in [6.07, 6.45) is 1.96. The number of pyridine rings is 2. The molecule has 2 N–H and O–H groups in total. The third-order valence-corrected chi connectivity index (χ3v) is 2.98. The van der Waals surface area contributed by atoms with E-state index in [1.54, 1.807) is 13.2 Å². The van der Waals surface area contributed by atoms with Gasteiger partial charge in [0.25, 0.3) is 0 Å². The van der Waals surface area contributed by atoms with Crippen molar-refractivity contribution >= 4 is 11.5 Å². The van der Waals surface area contributed by atoms with E-state index in [9.17, 15) is 0 Å². The number of methoxy groups -OCH3 is 1. The highest BCUT2D eigenvalue weighted by atomic mass is 16.5. The average molecular weight is 254 g/mol. The van der Waals surface area contributed by atoms with Crippen LogP contribution in [0.4, 0.5) is 5.82 Å². The Hall–Kier alpha value is -2.56. The lowest BCUT2D eigenvalue weighted by atomic mass is 10.3. The third-order valence-electron chi connectivity index (χ3n) is 2.98. The SMILES string of the molecule is COc1cccc(-c2nc3ccc(C)cn3c2N)n1. The van der Waals surface area contributed by atoms with Crippen molar-refractivity contribution in [3.8, 4) is 17.3 Å². The van der Waals surface area contributed by atoms with Gasteiger partial charge < -0.3 is 10.5 Å². The summed E-state index contributed by atoms with van der Waals surface area (Å²) in [4.78, 5) is 8.88. The minimum atomic E-state index is 0.546. The van der Waals surface area contributed by atoms with Crippen LogP contribution in [0.3, 0.4) is 0 Å². The fourth-order valence-corrected chi connectivity index (χ4v) is 2.02. The van der Waals surface area contributed by atoms with Crippen molar-refractivity contribution < 1.29 is 4.74 Å². The lowest BCUT2D eigenvalue weighted by Crippen LogP contribution is -1.96. The van der Waals surface area contributed by atoms with Crippen molar-refractivity contribution in [1.29, 1.82) is 0 Å². The number of hydrogen-bond acceptors (Lipinski definition) is 4. The summed E-state index contributed by atoms with van der Waals surface area (Å²) in [6, 6.07) is 9.48. The number of anilines is 1. The Morgan fingerprint density at radius 1 is 1.16 bits per heavy atom. The quantitative estimate of drug-likeness (QED) is 0.762. The van der Waals surface area contributed by atoms with Gasteiger partial charge in [0.2, 0.25) is 5.88 Å². The molecule has 0 amide bonds. The molecule has 19 heavy (non-hydrogen) atoms. The Bertz CT molecular complexity index is 748. The van der Waals surface area contributed by atoms with Gasteiger partial charge in [0, 0.05) is 12.3 Å². The van der Waals surface area contributed by atoms with E-state index in [-0.39, 0.29) is 0 Å². The summed E-state index contributed by atoms with van der Waals surface area (Å²) >= 11 is 0. The second kappa shape index (κ2) is 4.28. The van der Waals surface area contributed by atoms with E-state index >= 15 is 0 Å². The third kappa shape index (κ3) is 1.89. The molecule has 3 rings (SSSR count). The number of nitrogens with zero attached hydrogens (tertiary/aromatic N) is 3. The highest BCUT2D eigenvalue weighted by Crippen LogP contribution is 2.26. The van der Waals surface area contributed by atoms with Gasteiger partial charge in [0.15, 0.2) is 0 Å². The standard InChI is InChI=1S/C14H14N4O/c1-9-6-7-11-17-13(14(15)18(11)8-9)10-4-3-5-12(16-10)19-2/h3-8H,15H2,1-2H3. The van der Waals surface area contributed by atoms with Gasteiger partial charge in [-0.2, -0.15) is 0 Å². The Balaban J connectivity index is 2.21. The number of hydrogen-bond donors (Lipinski definition) is 1. The normalized spacial score (nSPS) is 10.8. The maximum atomic E-state index is 6.15. The zero-order valence-corrected chi connectivity index (χ0v) is 10.8. The molecular formula is C14H14N4O. The summed E-state index contributed by atoms with van der Waals surface area (Å²) in [6.45, 7) is 2.02. The summed E-state index contributed by atoms with van der Waals surface area (Å²) in [5.41, 5.74) is 9.46. The monoisotopic (exact) mass is 254 g/mol. The maximum absolute atomic E-state index is 6.15. The minimum Gasteiger partial charge on any atom is -0.481 e. The summed E-state index contributed by atoms with van der Waals surface area (Å²) < 4.78 is 6.99. The molecule has 5 nitrogen and oxygen atoms in total. The van der Waals surface area contributed by atoms with Gasteiger partial charge >= 0.3 is 0 Å². The topological polar surface area (TPSA) is 65.4 Å². The number of fused-ring (bicyclic) bond motifs is 1. The molecule has 3 aromatic rings. The van der Waals surface area contributed by atoms with E-state index in [1.165, 1.54) is 0 Å². The van der Waals surface area contributed by atoms with Crippen LogP contribution in [0.15, 0.2) is 36.5 Å². The van der Waals surface area contributed by atoms with Crippen LogP contribution in [-0.4, -0.2) is 21.5 Å². The molecule has 5 heteroatoms. The van der Waals surface area contributed by atoms with E-state index in [1.807, 2.05) is 41.8 Å². The Morgan fingerprint density at radius 3 is 2.79 bits per heavy atom. The molecule has 0 bridgehead atoms. The first-order valence-electron chi connectivity index (χ1n) is 5.94. The van der Waals surface area contributed by atoms with Gasteiger partial charge in [-0.25, -0.2) is 9.97 Å². The molecule has 0 atom stereocenters. The van der Waals surface area contributed by atoms with Crippen molar-refractivity contribution in [2.24, 2.45) is 0 Å². The summed E-state index contributed by atoms with van der Waals surface area (Å²) in [7, 11) is 1.59. The van der Waals surface area contributed by atoms with Gasteiger partial charge in [-0.05, 0) is 24.6 Å². The fraction of sp³-hybridized carbons (Fsp3) is 0.143. The molecule has 3 aromatic heterocycles. The van der Waals surface area contributed by atoms with E-state index in [4.69, 9.17) is 10.5 Å². The molecule has 0 aliphatic rings. The van der Waals surface area contributed by atoms with Crippen LogP contribution in [0.5, 0.6) is 5.88 Å². The fourth-order valence-electron chi connectivity index (χ4n) is 2.02. The van der Waals surface area contributed by atoms with Crippen molar-refractivity contribution in [1.82, 2.24) is 14.4 Å². The number of imidazole rings is 1. The first-order chi connectivity index (χ1) is 9.19. The summed E-state index contributed by atoms with van der Waals surface area (Å²) in [5.74, 6) is 1.13. The predicted octanol–water partition coefficient (Wildman–Crippen LogP) is 2.30. The second-order valence-corrected chi connectivity index (χ2v) is 4.35. The number of nitrogen functional groups attached to an aromatic ring is 1. The smallest absolute Gasteiger partial charge is 0.213 e. The van der Waals surface area contributed by atoms with Crippen LogP contribution in [-0.2, 0) is 0 Å². The maximum Gasteiger partial charge on any atom is 0.213 e. The van der Waals surface area contributed by atoms with E-state index in [2.05, 4.69) is 9.97 Å². The average Bonchev–Trinajstić information content (AvgIpc) is 2.76. The van der Waals surface area contributed by atoms with Gasteiger partial charge in [0.1, 0.15) is 17.2 Å². The minimum absolute atomic E-state index is 0.546. The number of rotatable bonds is 2. The lowest BCUT2D eigenvalue weighted by molar-refractivity contribution is 0.398. The first kappa shape index (κ1) is 11.5. The number of aryl methyl sites for hydroxylation is 1. The van der Waals surface area contributed by atoms with Gasteiger partial charge in [-0.15, -0.1) is 0 Å². The van der Waals surface area contributed by atoms with Crippen LogP contribution < -0.4 is 10.5 Å². The molecular weight excluding hydrogens is 240 g/mol. The molecule has 0 saturated carbocycles. The van der Waals surface area contributed by atoms with Crippen LogP contribution >= 0.6 is 0 Å². The molecule has 0 aliphatic heterocycles. The zero-order chi connectivity index (χ0) is 13.4. The Morgan fingerprint density at radius 2 is 2.00 bits per heavy atom. The molecule has 0 unspecified atom stereocenters. The molecule has 0 aliphatic carbocycles. The molecule has 96 valence electrons. The Kier molecular flexibility index (Phi) is 2.59. The first-order valence-corrected chi connectivity index (χ1v) is 5.94. The number of aromatic nitrogens is 3. The predicted molar refractivity (Wildman–Crippen MR) is 74.1 cm³/mol. The Labute approximate surface area is 110 Å². The zero-order valence-electron chi connectivity index (χ0n) is 10.8. The summed E-state index contributed by atoms with van der Waals surface area (Å²) in [5, 5.41) is 0. The second-order valence-electron chi connectivity index (χ2n) is 4.35. The van der Waals surface area contributed by atoms with Crippen LogP contribution in [0.25, 0.3) is 17.0 Å². The largest absolute Gasteiger partial charge is 0.481 e. The van der Waals surface area contributed by atoms with E-state index in [0.29, 0.717) is 23.1 Å². The van der Waals surface area contributed by atoms with Crippen molar-refractivity contribution in [3.63, 3.8) is 0 Å². The van der Waals surface area contributed by atoms with Gasteiger partial charge in [0.05, 0.1) is 12.8 Å². The number of nitrogens with two attached hydrogens (primary N) is 1. The van der Waals surface area contributed by atoms with Crippen LogP contribution in [0.2, 0.25) is 0 Å². The van der Waals surface area contributed by atoms with Crippen LogP contribution in [0, 0.1) is 6.92 Å². The molecule has 3 heterocycles. The van der Waals surface area contributed by atoms with E-state index in [0.717, 1.165) is 11.2 Å². The highest BCUT2D eigenvalue weighted by Gasteiger charge is 2.12. The number of ether oxygens (including phenoxy) is 1. The van der Waals surface area contributed by atoms with Gasteiger partial charge in [-0.1, -0.05) is 12.1 Å².